The van der Waals surface area contributed by atoms with Gasteiger partial charge in [0.05, 0.1) is 23.0 Å². The summed E-state index contributed by atoms with van der Waals surface area (Å²) in [5, 5.41) is 15.3. The molecule has 0 saturated carbocycles. The van der Waals surface area contributed by atoms with Crippen LogP contribution in [0, 0.1) is 0 Å². The van der Waals surface area contributed by atoms with Gasteiger partial charge in [0.15, 0.2) is 0 Å². The lowest BCUT2D eigenvalue weighted by molar-refractivity contribution is -0.121. The molecule has 0 spiro atoms. The third-order valence-electron chi connectivity index (χ3n) is 7.55. The molecule has 16 heteroatoms. The van der Waals surface area contributed by atoms with Gasteiger partial charge in [-0.25, -0.2) is 9.46 Å². The van der Waals surface area contributed by atoms with Gasteiger partial charge in [-0.1, -0.05) is 29.5 Å². The predicted octanol–water partition coefficient (Wildman–Crippen LogP) is 6.15. The zero-order valence-corrected chi connectivity index (χ0v) is 30.2. The number of aromatic nitrogens is 3. The minimum atomic E-state index is -2.65. The molecule has 1 aliphatic rings. The monoisotopic (exact) mass is 753 g/mol. The first-order valence-electron chi connectivity index (χ1n) is 15.6. The van der Waals surface area contributed by atoms with Gasteiger partial charge in [0.2, 0.25) is 10.8 Å². The van der Waals surface area contributed by atoms with Crippen molar-refractivity contribution in [1.82, 2.24) is 30.0 Å². The van der Waals surface area contributed by atoms with Crippen LogP contribution >= 0.6 is 27.4 Å². The minimum Gasteiger partial charge on any atom is -0.462 e. The number of imide groups is 1. The zero-order valence-electron chi connectivity index (χ0n) is 27.0. The average molecular weight is 755 g/mol. The number of nitrogens with one attached hydrogen (secondary N) is 1. The molecule has 0 atom stereocenters. The van der Waals surface area contributed by atoms with Crippen LogP contribution in [0.4, 0.5) is 0 Å². The summed E-state index contributed by atoms with van der Waals surface area (Å²) in [4.78, 5) is 36.1. The Hall–Kier alpha value is -4.55. The van der Waals surface area contributed by atoms with E-state index in [9.17, 15) is 14.4 Å². The number of unbranched alkanes of at least 4 members (excludes halogenated alkanes) is 1. The van der Waals surface area contributed by atoms with Crippen LogP contribution in [0.15, 0.2) is 96.6 Å². The van der Waals surface area contributed by atoms with Gasteiger partial charge in [-0.05, 0) is 120 Å². The number of carbonyl (C=O) groups is 3. The summed E-state index contributed by atoms with van der Waals surface area (Å²) in [5.41, 5.74) is 3.52. The van der Waals surface area contributed by atoms with Crippen LogP contribution in [0.2, 0.25) is 0 Å². The van der Waals surface area contributed by atoms with Crippen LogP contribution < -0.4 is 14.8 Å². The van der Waals surface area contributed by atoms with Crippen LogP contribution in [-0.2, 0) is 36.0 Å². The second kappa shape index (κ2) is 17.4. The molecule has 3 amide bonds. The van der Waals surface area contributed by atoms with Crippen molar-refractivity contribution in [2.75, 3.05) is 20.1 Å². The molecule has 1 aliphatic heterocycles. The molecular weight excluding hydrogens is 720 g/mol. The van der Waals surface area contributed by atoms with Crippen LogP contribution in [0.3, 0.4) is 0 Å². The predicted molar refractivity (Wildman–Crippen MR) is 196 cm³/mol. The largest absolute Gasteiger partial charge is 0.462 e. The summed E-state index contributed by atoms with van der Waals surface area (Å²) in [6.07, 6.45) is 8.87. The van der Waals surface area contributed by atoms with E-state index in [1.807, 2.05) is 36.4 Å². The van der Waals surface area contributed by atoms with Crippen LogP contribution in [-0.4, -0.2) is 68.7 Å². The van der Waals surface area contributed by atoms with Gasteiger partial charge in [0.1, 0.15) is 30.6 Å². The second-order valence-corrected chi connectivity index (χ2v) is 18.9. The summed E-state index contributed by atoms with van der Waals surface area (Å²) in [6.45, 7) is 0.865. The first-order valence-corrected chi connectivity index (χ1v) is 20.2. The molecule has 0 saturated heterocycles. The molecule has 1 aromatic heterocycles. The van der Waals surface area contributed by atoms with Gasteiger partial charge in [0, 0.05) is 26.3 Å². The van der Waals surface area contributed by atoms with E-state index in [0.29, 0.717) is 55.0 Å². The lowest BCUT2D eigenvalue weighted by Crippen LogP contribution is -2.30. The Morgan fingerprint density at radius 2 is 1.56 bits per heavy atom. The number of nitrogens with zero attached hydrogens (tertiary/aromatic N) is 6. The molecule has 50 heavy (non-hydrogen) atoms. The van der Waals surface area contributed by atoms with Crippen LogP contribution in [0.25, 0.3) is 0 Å². The number of hydrogen-bond acceptors (Lipinski definition) is 9. The van der Waals surface area contributed by atoms with Crippen molar-refractivity contribution in [3.8, 4) is 11.5 Å². The maximum absolute atomic E-state index is 12.5. The lowest BCUT2D eigenvalue weighted by Gasteiger charge is -2.15. The molecule has 260 valence electrons. The fourth-order valence-electron chi connectivity index (χ4n) is 4.89. The second-order valence-electron chi connectivity index (χ2n) is 11.2. The normalized spacial score (nSPS) is 12.9. The maximum Gasteiger partial charge on any atom is 0.261 e. The third-order valence-corrected chi connectivity index (χ3v) is 10.3. The van der Waals surface area contributed by atoms with Gasteiger partial charge >= 0.3 is 0 Å². The Balaban J connectivity index is 0.946. The van der Waals surface area contributed by atoms with E-state index in [0.717, 1.165) is 23.2 Å². The zero-order chi connectivity index (χ0) is 35.5. The van der Waals surface area contributed by atoms with Crippen molar-refractivity contribution in [2.24, 2.45) is 5.10 Å². The van der Waals surface area contributed by atoms with Gasteiger partial charge in [0.25, 0.3) is 11.8 Å². The first-order chi connectivity index (χ1) is 24.1. The van der Waals surface area contributed by atoms with Crippen LogP contribution in [0.5, 0.6) is 11.5 Å². The maximum atomic E-state index is 12.5. The number of halogens is 2. The number of hydrogen-bond donors (Lipinski definition) is 1. The highest BCUT2D eigenvalue weighted by atomic mass is 35.9. The molecule has 0 radical (unpaired) electrons. The number of amides is 3. The van der Waals surface area contributed by atoms with Crippen molar-refractivity contribution >= 4 is 63.1 Å². The Labute approximate surface area is 304 Å². The molecule has 2 heterocycles. The van der Waals surface area contributed by atoms with E-state index >= 15 is 0 Å². The molecule has 4 aromatic rings. The van der Waals surface area contributed by atoms with Crippen molar-refractivity contribution in [3.05, 3.63) is 119 Å². The number of benzene rings is 3. The number of fused-ring (bicyclic) bond motifs is 1. The SMILES string of the molecule is CN(/N=C/c1ccc(OC=COc2ccc(CCNC(=O)Cn3cc(CCCCN4C(=O)c5ccccc5C4=O)nn3)cc2)cc1)P(=S)(Cl)Cl. The average Bonchev–Trinajstić information content (AvgIpc) is 3.65. The summed E-state index contributed by atoms with van der Waals surface area (Å²) in [7, 11) is 1.63. The van der Waals surface area contributed by atoms with Gasteiger partial charge in [-0.3, -0.25) is 19.3 Å². The molecule has 5 rings (SSSR count). The lowest BCUT2D eigenvalue weighted by atomic mass is 10.1. The number of rotatable bonds is 17. The van der Waals surface area contributed by atoms with E-state index < -0.39 is 4.89 Å². The fraction of sp³-hybridized carbons (Fsp3) is 0.235. The van der Waals surface area contributed by atoms with Crippen molar-refractivity contribution in [2.45, 2.75) is 32.2 Å². The molecule has 1 N–H and O–H groups in total. The van der Waals surface area contributed by atoms with E-state index in [4.69, 9.17) is 43.8 Å². The molecule has 0 aliphatic carbocycles. The quantitative estimate of drug-likeness (QED) is 0.0337. The molecule has 12 nitrogen and oxygen atoms in total. The number of ether oxygens (including phenoxy) is 2. The molecule has 0 fully saturated rings. The summed E-state index contributed by atoms with van der Waals surface area (Å²) >= 11 is 16.9. The van der Waals surface area contributed by atoms with E-state index in [1.54, 1.807) is 55.9 Å². The van der Waals surface area contributed by atoms with Crippen molar-refractivity contribution < 1.29 is 23.9 Å². The fourth-order valence-corrected chi connectivity index (χ4v) is 5.42. The Kier molecular flexibility index (Phi) is 12.8. The summed E-state index contributed by atoms with van der Waals surface area (Å²) in [5.74, 6) is 0.587. The molecule has 0 bridgehead atoms. The van der Waals surface area contributed by atoms with Crippen molar-refractivity contribution in [1.29, 1.82) is 0 Å². The Morgan fingerprint density at radius 3 is 2.18 bits per heavy atom. The highest BCUT2D eigenvalue weighted by Crippen LogP contribution is 2.59. The molecule has 0 unspecified atom stereocenters. The number of aryl methyl sites for hydroxylation is 1. The third kappa shape index (κ3) is 10.5. The first kappa shape index (κ1) is 36.7. The van der Waals surface area contributed by atoms with Crippen LogP contribution in [0.1, 0.15) is 50.4 Å². The molecule has 3 aromatic carbocycles. The summed E-state index contributed by atoms with van der Waals surface area (Å²) in [6, 6.07) is 21.6. The van der Waals surface area contributed by atoms with Gasteiger partial charge in [-0.2, -0.15) is 5.10 Å². The van der Waals surface area contributed by atoms with E-state index in [1.165, 1.54) is 26.9 Å². The minimum absolute atomic E-state index is 0.0550. The standard InChI is InChI=1S/C34H34Cl2N7O5PS/c1-41(49(35,36)50)38-22-26-11-15-29(16-12-26)48-21-20-47-28-13-9-25(10-14-28)17-18-37-32(44)24-42-23-27(39-40-42)6-4-5-19-43-33(45)30-7-2-3-8-31(30)34(43)46/h2-3,7-16,20-23H,4-6,17-19,24H2,1H3,(H,37,44)/b21-20?,38-22+. The van der Waals surface area contributed by atoms with Gasteiger partial charge in [-0.15, -0.1) is 5.10 Å². The Morgan fingerprint density at radius 1 is 0.940 bits per heavy atom. The number of hydrazone groups is 1. The highest BCUT2D eigenvalue weighted by Gasteiger charge is 2.34. The summed E-state index contributed by atoms with van der Waals surface area (Å²) < 4.78 is 14.1. The van der Waals surface area contributed by atoms with Crippen molar-refractivity contribution in [3.63, 3.8) is 0 Å². The molecular formula is C34H34Cl2N7O5PS. The smallest absolute Gasteiger partial charge is 0.261 e. The van der Waals surface area contributed by atoms with E-state index in [2.05, 4.69) is 20.7 Å². The van der Waals surface area contributed by atoms with Gasteiger partial charge < -0.3 is 14.8 Å². The topological polar surface area (TPSA) is 131 Å². The van der Waals surface area contributed by atoms with E-state index in [-0.39, 0.29) is 24.3 Å². The highest BCUT2D eigenvalue weighted by molar-refractivity contribution is 8.37. The Bertz CT molecular complexity index is 1880. The number of carbonyl (C=O) groups excluding carboxylic acids is 3.